The molecule has 0 aliphatic heterocycles. The Labute approximate surface area is 236 Å². The molecule has 0 unspecified atom stereocenters. The highest BCUT2D eigenvalue weighted by molar-refractivity contribution is 6.48. The summed E-state index contributed by atoms with van der Waals surface area (Å²) >= 11 is 0. The Balaban J connectivity index is 2.17. The second-order valence-corrected chi connectivity index (χ2v) is 8.91. The van der Waals surface area contributed by atoms with E-state index in [0.29, 0.717) is 6.41 Å². The van der Waals surface area contributed by atoms with E-state index in [1.165, 1.54) is 26.2 Å². The van der Waals surface area contributed by atoms with Crippen molar-refractivity contribution in [2.24, 2.45) is 0 Å². The summed E-state index contributed by atoms with van der Waals surface area (Å²) in [5.74, 6) is -4.08. The van der Waals surface area contributed by atoms with Gasteiger partial charge >= 0.3 is 12.1 Å². The van der Waals surface area contributed by atoms with Crippen LogP contribution in [-0.4, -0.2) is 54.2 Å². The number of hydrogen-bond acceptors (Lipinski definition) is 7. The molecular weight excluding hydrogens is 559 g/mol. The van der Waals surface area contributed by atoms with Crippen molar-refractivity contribution in [3.05, 3.63) is 70.8 Å². The summed E-state index contributed by atoms with van der Waals surface area (Å²) in [6.07, 6.45) is -4.61. The molecule has 4 N–H and O–H groups in total. The van der Waals surface area contributed by atoms with Crippen molar-refractivity contribution in [3.8, 4) is 22.9 Å². The highest BCUT2D eigenvalue weighted by Crippen LogP contribution is 2.44. The molecule has 3 aromatic rings. The number of phenols is 1. The molecular formula is C28H22F3N5O6. The van der Waals surface area contributed by atoms with Crippen LogP contribution in [0.2, 0.25) is 0 Å². The summed E-state index contributed by atoms with van der Waals surface area (Å²) in [5.41, 5.74) is -4.29. The van der Waals surface area contributed by atoms with Crippen LogP contribution >= 0.6 is 0 Å². The van der Waals surface area contributed by atoms with Gasteiger partial charge in [0.1, 0.15) is 11.5 Å². The SMILES string of the molecule is CC(=O)N(C)c1cc(C(=N)C(=O)Nc2ccc(C#N)cc2C(=O)O)c(O)cc1-c1ccc(N(C)C=O)cc1C(F)(F)F. The van der Waals surface area contributed by atoms with Gasteiger partial charge < -0.3 is 25.3 Å². The average molecular weight is 582 g/mol. The van der Waals surface area contributed by atoms with Gasteiger partial charge in [-0.3, -0.25) is 19.8 Å². The Morgan fingerprint density at radius 2 is 1.69 bits per heavy atom. The molecule has 0 radical (unpaired) electrons. The van der Waals surface area contributed by atoms with Gasteiger partial charge in [0, 0.05) is 37.8 Å². The van der Waals surface area contributed by atoms with Gasteiger partial charge in [0.05, 0.1) is 34.1 Å². The number of rotatable bonds is 8. The smallest absolute Gasteiger partial charge is 0.417 e. The normalized spacial score (nSPS) is 10.8. The number of carbonyl (C=O) groups is 4. The molecule has 0 atom stereocenters. The molecule has 11 nitrogen and oxygen atoms in total. The summed E-state index contributed by atoms with van der Waals surface area (Å²) in [6, 6.07) is 9.98. The fourth-order valence-electron chi connectivity index (χ4n) is 3.93. The first-order valence-corrected chi connectivity index (χ1v) is 11.8. The number of carbonyl (C=O) groups excluding carboxylic acids is 3. The van der Waals surface area contributed by atoms with Gasteiger partial charge in [0.25, 0.3) is 5.91 Å². The quantitative estimate of drug-likeness (QED) is 0.227. The predicted molar refractivity (Wildman–Crippen MR) is 146 cm³/mol. The number of nitriles is 1. The lowest BCUT2D eigenvalue weighted by Gasteiger charge is -2.24. The zero-order valence-corrected chi connectivity index (χ0v) is 22.2. The van der Waals surface area contributed by atoms with Gasteiger partial charge in [0.2, 0.25) is 12.3 Å². The summed E-state index contributed by atoms with van der Waals surface area (Å²) in [7, 11) is 2.50. The highest BCUT2D eigenvalue weighted by Gasteiger charge is 2.36. The van der Waals surface area contributed by atoms with Gasteiger partial charge in [0.15, 0.2) is 0 Å². The van der Waals surface area contributed by atoms with E-state index >= 15 is 0 Å². The molecule has 0 aliphatic carbocycles. The van der Waals surface area contributed by atoms with Crippen LogP contribution in [0.5, 0.6) is 5.75 Å². The average Bonchev–Trinajstić information content (AvgIpc) is 2.94. The van der Waals surface area contributed by atoms with Gasteiger partial charge in [-0.05, 0) is 48.0 Å². The minimum absolute atomic E-state index is 0.00492. The van der Waals surface area contributed by atoms with Crippen molar-refractivity contribution < 1.29 is 42.6 Å². The van der Waals surface area contributed by atoms with Crippen LogP contribution in [0.1, 0.15) is 34.0 Å². The Bertz CT molecular complexity index is 1680. The van der Waals surface area contributed by atoms with E-state index < -0.39 is 57.7 Å². The number of anilines is 3. The van der Waals surface area contributed by atoms with E-state index in [0.717, 1.165) is 53.1 Å². The van der Waals surface area contributed by atoms with Gasteiger partial charge in [-0.25, -0.2) is 4.79 Å². The largest absolute Gasteiger partial charge is 0.507 e. The van der Waals surface area contributed by atoms with Crippen molar-refractivity contribution >= 4 is 47.0 Å². The third kappa shape index (κ3) is 6.20. The number of phenolic OH excluding ortho intramolecular Hbond substituents is 1. The van der Waals surface area contributed by atoms with Gasteiger partial charge in [-0.2, -0.15) is 18.4 Å². The molecule has 0 spiro atoms. The number of aromatic hydroxyl groups is 1. The lowest BCUT2D eigenvalue weighted by Crippen LogP contribution is -2.26. The molecule has 3 amide bonds. The molecule has 0 aliphatic rings. The highest BCUT2D eigenvalue weighted by atomic mass is 19.4. The summed E-state index contributed by atoms with van der Waals surface area (Å²) in [5, 5.41) is 39.8. The Morgan fingerprint density at radius 3 is 2.24 bits per heavy atom. The number of aromatic carboxylic acids is 1. The van der Waals surface area contributed by atoms with Gasteiger partial charge in [-0.1, -0.05) is 6.07 Å². The molecule has 14 heteroatoms. The zero-order chi connectivity index (χ0) is 31.5. The van der Waals surface area contributed by atoms with Crippen LogP contribution < -0.4 is 15.1 Å². The lowest BCUT2D eigenvalue weighted by molar-refractivity contribution is -0.137. The molecule has 42 heavy (non-hydrogen) atoms. The van der Waals surface area contributed by atoms with Crippen LogP contribution in [0.15, 0.2) is 48.5 Å². The number of halogens is 3. The second-order valence-electron chi connectivity index (χ2n) is 8.91. The van der Waals surface area contributed by atoms with Crippen LogP contribution in [-0.2, 0) is 20.6 Å². The fourth-order valence-corrected chi connectivity index (χ4v) is 3.93. The predicted octanol–water partition coefficient (Wildman–Crippen LogP) is 4.23. The van der Waals surface area contributed by atoms with E-state index in [2.05, 4.69) is 5.32 Å². The van der Waals surface area contributed by atoms with Crippen LogP contribution in [0, 0.1) is 16.7 Å². The molecule has 0 fully saturated rings. The maximum atomic E-state index is 14.1. The third-order valence-corrected chi connectivity index (χ3v) is 6.24. The molecule has 3 aromatic carbocycles. The molecule has 0 saturated heterocycles. The number of amides is 3. The number of nitrogens with one attached hydrogen (secondary N) is 2. The number of carboxylic acids is 1. The van der Waals surface area contributed by atoms with Crippen LogP contribution in [0.3, 0.4) is 0 Å². The summed E-state index contributed by atoms with van der Waals surface area (Å²) in [4.78, 5) is 49.8. The number of alkyl halides is 3. The van der Waals surface area contributed by atoms with Crippen LogP contribution in [0.25, 0.3) is 11.1 Å². The Hall–Kier alpha value is -5.71. The van der Waals surface area contributed by atoms with E-state index in [9.17, 15) is 42.6 Å². The van der Waals surface area contributed by atoms with E-state index in [4.69, 9.17) is 10.7 Å². The summed E-state index contributed by atoms with van der Waals surface area (Å²) in [6.45, 7) is 1.12. The minimum atomic E-state index is -4.93. The van der Waals surface area contributed by atoms with Crippen molar-refractivity contribution in [1.82, 2.24) is 0 Å². The first-order chi connectivity index (χ1) is 19.6. The second kappa shape index (κ2) is 11.8. The van der Waals surface area contributed by atoms with Crippen molar-refractivity contribution in [2.75, 3.05) is 29.2 Å². The monoisotopic (exact) mass is 581 g/mol. The van der Waals surface area contributed by atoms with Crippen molar-refractivity contribution in [2.45, 2.75) is 13.1 Å². The van der Waals surface area contributed by atoms with E-state index in [-0.39, 0.29) is 28.2 Å². The Kier molecular flexibility index (Phi) is 8.66. The molecule has 3 rings (SSSR count). The standard InChI is InChI=1S/C28H22F3N5O6/c1-14(38)36(3)23-10-20(25(33)26(40)34-22-7-4-15(12-32)8-19(22)27(41)42)24(39)11-18(23)17-6-5-16(35(2)13-37)9-21(17)28(29,30)31/h4-11,13,33,39H,1-3H3,(H,34,40)(H,41,42). The molecule has 0 bridgehead atoms. The minimum Gasteiger partial charge on any atom is -0.507 e. The van der Waals surface area contributed by atoms with E-state index in [1.54, 1.807) is 6.07 Å². The fraction of sp³-hybridized carbons (Fsp3) is 0.143. The zero-order valence-electron chi connectivity index (χ0n) is 22.2. The van der Waals surface area contributed by atoms with E-state index in [1.807, 2.05) is 0 Å². The molecule has 216 valence electrons. The van der Waals surface area contributed by atoms with Crippen molar-refractivity contribution in [3.63, 3.8) is 0 Å². The number of benzene rings is 3. The number of nitrogens with zero attached hydrogens (tertiary/aromatic N) is 3. The maximum absolute atomic E-state index is 14.1. The van der Waals surface area contributed by atoms with Crippen molar-refractivity contribution in [1.29, 1.82) is 10.7 Å². The van der Waals surface area contributed by atoms with Crippen LogP contribution in [0.4, 0.5) is 30.2 Å². The molecule has 0 heterocycles. The molecule has 0 aromatic heterocycles. The molecule has 0 saturated carbocycles. The van der Waals surface area contributed by atoms with Gasteiger partial charge in [-0.15, -0.1) is 0 Å². The lowest BCUT2D eigenvalue weighted by atomic mass is 9.93. The topological polar surface area (TPSA) is 175 Å². The maximum Gasteiger partial charge on any atom is 0.417 e. The number of hydrogen-bond donors (Lipinski definition) is 4. The number of carboxylic acid groups (broad SMARTS) is 1. The Morgan fingerprint density at radius 1 is 1.02 bits per heavy atom. The summed E-state index contributed by atoms with van der Waals surface area (Å²) < 4.78 is 42.4. The first-order valence-electron chi connectivity index (χ1n) is 11.8. The third-order valence-electron chi connectivity index (χ3n) is 6.24. The first kappa shape index (κ1) is 30.8.